The van der Waals surface area contributed by atoms with Crippen molar-refractivity contribution in [3.8, 4) is 11.5 Å². The molecule has 1 heterocycles. The molecule has 0 bridgehead atoms. The summed E-state index contributed by atoms with van der Waals surface area (Å²) in [5, 5.41) is 1.60. The van der Waals surface area contributed by atoms with E-state index in [0.29, 0.717) is 48.1 Å². The number of ether oxygens (including phenoxy) is 2. The largest absolute Gasteiger partial charge is 0.490 e. The number of carbonyl (C=O) groups is 3. The maximum Gasteiger partial charge on any atom is 0.294 e. The third kappa shape index (κ3) is 6.34. The molecule has 0 aromatic heterocycles. The van der Waals surface area contributed by atoms with Crippen molar-refractivity contribution in [1.29, 1.82) is 0 Å². The molecule has 2 aromatic rings. The molecule has 0 radical (unpaired) electrons. The maximum atomic E-state index is 13.8. The molecule has 0 saturated carbocycles. The third-order valence-corrected chi connectivity index (χ3v) is 5.61. The van der Waals surface area contributed by atoms with E-state index in [4.69, 9.17) is 9.47 Å². The van der Waals surface area contributed by atoms with E-state index < -0.39 is 35.2 Å². The van der Waals surface area contributed by atoms with Crippen LogP contribution in [0.3, 0.4) is 0 Å². The summed E-state index contributed by atoms with van der Waals surface area (Å²) in [6.07, 6.45) is 3.43. The predicted octanol–water partition coefficient (Wildman–Crippen LogP) is 5.22. The van der Waals surface area contributed by atoms with Gasteiger partial charge in [-0.3, -0.25) is 19.3 Å². The van der Waals surface area contributed by atoms with E-state index in [2.05, 4.69) is 12.2 Å². The number of nitrogens with one attached hydrogen (secondary N) is 1. The van der Waals surface area contributed by atoms with Crippen molar-refractivity contribution < 1.29 is 32.6 Å². The standard InChI is InChI=1S/C24H24F2N2O5S/c1-3-5-10-33-19-9-6-15(11-20(19)32-4-2)12-21-23(30)28(24(31)34-21)14-22(29)27-18-8-7-16(25)13-17(18)26/h6-9,11-13H,3-5,10,14H2,1-2H3,(H,27,29)/b21-12-. The van der Waals surface area contributed by atoms with Crippen molar-refractivity contribution in [2.24, 2.45) is 0 Å². The molecule has 1 aliphatic rings. The summed E-state index contributed by atoms with van der Waals surface area (Å²) < 4.78 is 38.2. The molecule has 1 saturated heterocycles. The Kier molecular flexibility index (Phi) is 8.64. The molecule has 1 N–H and O–H groups in total. The van der Waals surface area contributed by atoms with Crippen LogP contribution in [0.4, 0.5) is 19.3 Å². The third-order valence-electron chi connectivity index (χ3n) is 4.70. The summed E-state index contributed by atoms with van der Waals surface area (Å²) in [4.78, 5) is 38.2. The molecule has 0 unspecified atom stereocenters. The number of anilines is 1. The molecule has 180 valence electrons. The lowest BCUT2D eigenvalue weighted by Crippen LogP contribution is -2.36. The van der Waals surface area contributed by atoms with Gasteiger partial charge in [-0.2, -0.15) is 0 Å². The molecule has 3 rings (SSSR count). The quantitative estimate of drug-likeness (QED) is 0.363. The van der Waals surface area contributed by atoms with E-state index in [1.54, 1.807) is 18.2 Å². The Morgan fingerprint density at radius 3 is 2.59 bits per heavy atom. The smallest absolute Gasteiger partial charge is 0.294 e. The zero-order chi connectivity index (χ0) is 24.7. The second-order valence-electron chi connectivity index (χ2n) is 7.28. The highest BCUT2D eigenvalue weighted by Crippen LogP contribution is 2.34. The molecule has 10 heteroatoms. The van der Waals surface area contributed by atoms with Crippen LogP contribution in [0.25, 0.3) is 6.08 Å². The van der Waals surface area contributed by atoms with Crippen LogP contribution in [0.15, 0.2) is 41.3 Å². The van der Waals surface area contributed by atoms with E-state index in [1.807, 2.05) is 6.92 Å². The fourth-order valence-electron chi connectivity index (χ4n) is 3.04. The minimum absolute atomic E-state index is 0.132. The first-order valence-corrected chi connectivity index (χ1v) is 11.5. The fourth-order valence-corrected chi connectivity index (χ4v) is 3.88. The lowest BCUT2D eigenvalue weighted by molar-refractivity contribution is -0.127. The van der Waals surface area contributed by atoms with Gasteiger partial charge in [0, 0.05) is 6.07 Å². The SMILES string of the molecule is CCCCOc1ccc(/C=C2\SC(=O)N(CC(=O)Nc3ccc(F)cc3F)C2=O)cc1OCC. The zero-order valence-electron chi connectivity index (χ0n) is 18.7. The van der Waals surface area contributed by atoms with E-state index in [9.17, 15) is 23.2 Å². The topological polar surface area (TPSA) is 84.9 Å². The number of thioether (sulfide) groups is 1. The Morgan fingerprint density at radius 2 is 1.88 bits per heavy atom. The first-order valence-electron chi connectivity index (χ1n) is 10.7. The summed E-state index contributed by atoms with van der Waals surface area (Å²) in [6.45, 7) is 4.28. The number of benzene rings is 2. The van der Waals surface area contributed by atoms with E-state index >= 15 is 0 Å². The molecular weight excluding hydrogens is 466 g/mol. The number of unbranched alkanes of at least 4 members (excludes halogenated alkanes) is 1. The predicted molar refractivity (Wildman–Crippen MR) is 126 cm³/mol. The van der Waals surface area contributed by atoms with E-state index in [1.165, 1.54) is 6.08 Å². The summed E-state index contributed by atoms with van der Waals surface area (Å²) in [7, 11) is 0. The number of amides is 3. The van der Waals surface area contributed by atoms with Crippen LogP contribution < -0.4 is 14.8 Å². The number of rotatable bonds is 10. The van der Waals surface area contributed by atoms with Crippen molar-refractivity contribution in [3.05, 3.63) is 58.5 Å². The van der Waals surface area contributed by atoms with E-state index in [-0.39, 0.29) is 10.6 Å². The van der Waals surface area contributed by atoms with Crippen LogP contribution in [-0.2, 0) is 9.59 Å². The van der Waals surface area contributed by atoms with Crippen molar-refractivity contribution in [3.63, 3.8) is 0 Å². The lowest BCUT2D eigenvalue weighted by Gasteiger charge is -2.13. The summed E-state index contributed by atoms with van der Waals surface area (Å²) >= 11 is 0.693. The van der Waals surface area contributed by atoms with Gasteiger partial charge in [-0.05, 0) is 61.0 Å². The molecular formula is C24H24F2N2O5S. The number of halogens is 2. The van der Waals surface area contributed by atoms with Crippen molar-refractivity contribution in [1.82, 2.24) is 4.90 Å². The number of carbonyl (C=O) groups excluding carboxylic acids is 3. The Labute approximate surface area is 200 Å². The van der Waals surface area contributed by atoms with Gasteiger partial charge in [-0.15, -0.1) is 0 Å². The second-order valence-corrected chi connectivity index (χ2v) is 8.27. The zero-order valence-corrected chi connectivity index (χ0v) is 19.5. The monoisotopic (exact) mass is 490 g/mol. The van der Waals surface area contributed by atoms with Gasteiger partial charge < -0.3 is 14.8 Å². The summed E-state index contributed by atoms with van der Waals surface area (Å²) in [5.74, 6) is -2.08. The van der Waals surface area contributed by atoms with Crippen LogP contribution in [0.1, 0.15) is 32.3 Å². The fraction of sp³-hybridized carbons (Fsp3) is 0.292. The highest BCUT2D eigenvalue weighted by molar-refractivity contribution is 8.18. The van der Waals surface area contributed by atoms with Crippen LogP contribution in [0.2, 0.25) is 0 Å². The number of hydrogen-bond acceptors (Lipinski definition) is 6. The minimum Gasteiger partial charge on any atom is -0.490 e. The highest BCUT2D eigenvalue weighted by atomic mass is 32.2. The van der Waals surface area contributed by atoms with Gasteiger partial charge in [-0.25, -0.2) is 8.78 Å². The molecule has 1 fully saturated rings. The minimum atomic E-state index is -0.963. The summed E-state index contributed by atoms with van der Waals surface area (Å²) in [6, 6.07) is 7.85. The first-order chi connectivity index (χ1) is 16.3. The van der Waals surface area contributed by atoms with Gasteiger partial charge >= 0.3 is 0 Å². The molecule has 34 heavy (non-hydrogen) atoms. The molecule has 0 aliphatic carbocycles. The van der Waals surface area contributed by atoms with Crippen molar-refractivity contribution >= 4 is 40.6 Å². The van der Waals surface area contributed by atoms with Gasteiger partial charge in [0.25, 0.3) is 11.1 Å². The van der Waals surface area contributed by atoms with Gasteiger partial charge in [-0.1, -0.05) is 19.4 Å². The Hall–Kier alpha value is -3.40. The average Bonchev–Trinajstić information content (AvgIpc) is 3.05. The van der Waals surface area contributed by atoms with Gasteiger partial charge in [0.1, 0.15) is 18.2 Å². The van der Waals surface area contributed by atoms with Gasteiger partial charge in [0.15, 0.2) is 11.5 Å². The van der Waals surface area contributed by atoms with Crippen LogP contribution >= 0.6 is 11.8 Å². The number of hydrogen-bond donors (Lipinski definition) is 1. The van der Waals surface area contributed by atoms with Crippen LogP contribution in [-0.4, -0.2) is 41.7 Å². The van der Waals surface area contributed by atoms with Crippen LogP contribution in [0.5, 0.6) is 11.5 Å². The molecule has 2 aromatic carbocycles. The first kappa shape index (κ1) is 25.2. The molecule has 1 aliphatic heterocycles. The lowest BCUT2D eigenvalue weighted by atomic mass is 10.2. The number of nitrogens with zero attached hydrogens (tertiary/aromatic N) is 1. The van der Waals surface area contributed by atoms with Crippen LogP contribution in [0, 0.1) is 11.6 Å². The molecule has 7 nitrogen and oxygen atoms in total. The number of imide groups is 1. The van der Waals surface area contributed by atoms with Gasteiger partial charge in [0.05, 0.1) is 23.8 Å². The second kappa shape index (κ2) is 11.6. The Balaban J connectivity index is 1.71. The maximum absolute atomic E-state index is 13.8. The van der Waals surface area contributed by atoms with E-state index in [0.717, 1.165) is 29.9 Å². The van der Waals surface area contributed by atoms with Gasteiger partial charge in [0.2, 0.25) is 5.91 Å². The average molecular weight is 491 g/mol. The van der Waals surface area contributed by atoms with Crippen molar-refractivity contribution in [2.75, 3.05) is 25.1 Å². The van der Waals surface area contributed by atoms with Crippen molar-refractivity contribution in [2.45, 2.75) is 26.7 Å². The summed E-state index contributed by atoms with van der Waals surface area (Å²) in [5.41, 5.74) is 0.369. The normalized spacial score (nSPS) is 14.6. The molecule has 0 spiro atoms. The Bertz CT molecular complexity index is 1120. The molecule has 0 atom stereocenters. The highest BCUT2D eigenvalue weighted by Gasteiger charge is 2.36. The Morgan fingerprint density at radius 1 is 1.09 bits per heavy atom. The molecule has 3 amide bonds.